The molecule has 0 bridgehead atoms. The molecule has 3 aromatic rings. The second-order valence-electron chi connectivity index (χ2n) is 6.26. The number of aromatic nitrogens is 2. The van der Waals surface area contributed by atoms with Crippen molar-refractivity contribution >= 4 is 27.4 Å². The zero-order valence-corrected chi connectivity index (χ0v) is 16.2. The predicted octanol–water partition coefficient (Wildman–Crippen LogP) is 5.64. The van der Waals surface area contributed by atoms with Gasteiger partial charge in [-0.2, -0.15) is 0 Å². The van der Waals surface area contributed by atoms with Gasteiger partial charge in [-0.3, -0.25) is 0 Å². The van der Waals surface area contributed by atoms with Crippen molar-refractivity contribution in [1.29, 1.82) is 0 Å². The maximum atomic E-state index is 13.8. The van der Waals surface area contributed by atoms with Crippen LogP contribution >= 0.6 is 11.3 Å². The van der Waals surface area contributed by atoms with Crippen molar-refractivity contribution in [2.75, 3.05) is 11.9 Å². The molecule has 0 aliphatic heterocycles. The lowest BCUT2D eigenvalue weighted by Crippen LogP contribution is -2.18. The summed E-state index contributed by atoms with van der Waals surface area (Å²) in [4.78, 5) is 11.2. The first-order valence-electron chi connectivity index (χ1n) is 8.80. The third-order valence-electron chi connectivity index (χ3n) is 4.04. The zero-order chi connectivity index (χ0) is 20.3. The summed E-state index contributed by atoms with van der Waals surface area (Å²) < 4.78 is 54.0. The third-order valence-corrected chi connectivity index (χ3v) is 4.98. The Kier molecular flexibility index (Phi) is 6.02. The Morgan fingerprint density at radius 2 is 1.96 bits per heavy atom. The van der Waals surface area contributed by atoms with Crippen LogP contribution in [0.5, 0.6) is 5.75 Å². The van der Waals surface area contributed by atoms with Gasteiger partial charge in [0, 0.05) is 17.8 Å². The smallest absolute Gasteiger partial charge is 0.403 e. The molecule has 0 spiro atoms. The maximum absolute atomic E-state index is 13.8. The summed E-state index contributed by atoms with van der Waals surface area (Å²) in [5.41, 5.74) is 0.599. The Labute approximate surface area is 163 Å². The molecule has 4 nitrogen and oxygen atoms in total. The number of benzene rings is 1. The Balaban J connectivity index is 1.60. The minimum atomic E-state index is -4.91. The van der Waals surface area contributed by atoms with Gasteiger partial charge in [-0.1, -0.05) is 13.0 Å². The summed E-state index contributed by atoms with van der Waals surface area (Å²) >= 11 is 1.61. The second kappa shape index (κ2) is 8.30. The largest absolute Gasteiger partial charge is 0.573 e. The van der Waals surface area contributed by atoms with E-state index in [1.165, 1.54) is 6.07 Å². The molecule has 9 heteroatoms. The number of fused-ring (bicyclic) bond motifs is 1. The number of hydrogen-bond donors (Lipinski definition) is 1. The minimum Gasteiger partial charge on any atom is -0.403 e. The lowest BCUT2D eigenvalue weighted by Gasteiger charge is -2.11. The van der Waals surface area contributed by atoms with E-state index < -0.39 is 17.9 Å². The molecule has 2 heterocycles. The van der Waals surface area contributed by atoms with Crippen LogP contribution in [0.3, 0.4) is 0 Å². The molecule has 3 rings (SSSR count). The average molecular weight is 413 g/mol. The first-order valence-corrected chi connectivity index (χ1v) is 9.62. The quantitative estimate of drug-likeness (QED) is 0.402. The summed E-state index contributed by atoms with van der Waals surface area (Å²) in [6.45, 7) is 4.60. The highest BCUT2D eigenvalue weighted by atomic mass is 32.1. The molecule has 0 atom stereocenters. The Hall–Kier alpha value is -2.42. The van der Waals surface area contributed by atoms with Gasteiger partial charge in [-0.05, 0) is 43.5 Å². The third kappa shape index (κ3) is 5.09. The SMILES string of the molecule is CCc1nc(NCCCc2ccc(OC(F)(F)F)c(F)c2)c2cc(C)sc2n1. The minimum absolute atomic E-state index is 0.508. The number of anilines is 1. The van der Waals surface area contributed by atoms with Crippen LogP contribution in [0, 0.1) is 12.7 Å². The van der Waals surface area contributed by atoms with Crippen molar-refractivity contribution < 1.29 is 22.3 Å². The van der Waals surface area contributed by atoms with Gasteiger partial charge in [0.15, 0.2) is 11.6 Å². The van der Waals surface area contributed by atoms with E-state index in [2.05, 4.69) is 20.0 Å². The average Bonchev–Trinajstić information content (AvgIpc) is 2.99. The number of hydrogen-bond acceptors (Lipinski definition) is 5. The molecular formula is C19H19F4N3OS. The molecule has 0 saturated carbocycles. The van der Waals surface area contributed by atoms with Crippen LogP contribution in [0.2, 0.25) is 0 Å². The fraction of sp³-hybridized carbons (Fsp3) is 0.368. The highest BCUT2D eigenvalue weighted by molar-refractivity contribution is 7.18. The zero-order valence-electron chi connectivity index (χ0n) is 15.4. The number of ether oxygens (including phenoxy) is 1. The first kappa shape index (κ1) is 20.3. The summed E-state index contributed by atoms with van der Waals surface area (Å²) in [6.07, 6.45) is -3.01. The Morgan fingerprint density at radius 1 is 1.18 bits per heavy atom. The van der Waals surface area contributed by atoms with E-state index in [-0.39, 0.29) is 0 Å². The van der Waals surface area contributed by atoms with Gasteiger partial charge in [-0.25, -0.2) is 14.4 Å². The summed E-state index contributed by atoms with van der Waals surface area (Å²) in [6, 6.07) is 5.55. The standard InChI is InChI=1S/C19H19F4N3OS/c1-3-16-25-17(13-9-11(2)28-18(13)26-16)24-8-4-5-12-6-7-15(14(20)10-12)27-19(21,22)23/h6-7,9-10H,3-5,8H2,1-2H3,(H,24,25,26). The normalized spacial score (nSPS) is 11.8. The number of nitrogens with one attached hydrogen (secondary N) is 1. The van der Waals surface area contributed by atoms with Crippen LogP contribution < -0.4 is 10.1 Å². The monoisotopic (exact) mass is 413 g/mol. The molecule has 0 saturated heterocycles. The molecule has 0 amide bonds. The van der Waals surface area contributed by atoms with Gasteiger partial charge in [0.25, 0.3) is 0 Å². The van der Waals surface area contributed by atoms with Crippen LogP contribution in [0.25, 0.3) is 10.2 Å². The fourth-order valence-electron chi connectivity index (χ4n) is 2.79. The van der Waals surface area contributed by atoms with E-state index in [1.807, 2.05) is 19.9 Å². The van der Waals surface area contributed by atoms with Gasteiger partial charge in [-0.15, -0.1) is 24.5 Å². The van der Waals surface area contributed by atoms with Gasteiger partial charge < -0.3 is 10.1 Å². The molecule has 0 fully saturated rings. The van der Waals surface area contributed by atoms with E-state index in [1.54, 1.807) is 11.3 Å². The number of alkyl halides is 3. The lowest BCUT2D eigenvalue weighted by atomic mass is 10.1. The van der Waals surface area contributed by atoms with Gasteiger partial charge >= 0.3 is 6.36 Å². The topological polar surface area (TPSA) is 47.0 Å². The number of nitrogens with zero attached hydrogens (tertiary/aromatic N) is 2. The van der Waals surface area contributed by atoms with E-state index in [0.29, 0.717) is 24.9 Å². The van der Waals surface area contributed by atoms with Crippen molar-refractivity contribution in [2.24, 2.45) is 0 Å². The van der Waals surface area contributed by atoms with Gasteiger partial charge in [0.2, 0.25) is 0 Å². The maximum Gasteiger partial charge on any atom is 0.573 e. The van der Waals surface area contributed by atoms with Crippen molar-refractivity contribution in [3.63, 3.8) is 0 Å². The number of thiophene rings is 1. The van der Waals surface area contributed by atoms with Crippen LogP contribution in [0.4, 0.5) is 23.4 Å². The van der Waals surface area contributed by atoms with Gasteiger partial charge in [0.05, 0.1) is 5.39 Å². The first-order chi connectivity index (χ1) is 13.2. The summed E-state index contributed by atoms with van der Waals surface area (Å²) in [7, 11) is 0. The predicted molar refractivity (Wildman–Crippen MR) is 101 cm³/mol. The van der Waals surface area contributed by atoms with Crippen molar-refractivity contribution in [3.05, 3.63) is 46.3 Å². The Morgan fingerprint density at radius 3 is 2.64 bits per heavy atom. The van der Waals surface area contributed by atoms with Crippen LogP contribution in [-0.2, 0) is 12.8 Å². The summed E-state index contributed by atoms with van der Waals surface area (Å²) in [5, 5.41) is 4.26. The van der Waals surface area contributed by atoms with Crippen molar-refractivity contribution in [1.82, 2.24) is 9.97 Å². The van der Waals surface area contributed by atoms with E-state index in [9.17, 15) is 17.6 Å². The number of rotatable bonds is 7. The van der Waals surface area contributed by atoms with Gasteiger partial charge in [0.1, 0.15) is 16.5 Å². The van der Waals surface area contributed by atoms with Crippen molar-refractivity contribution in [3.8, 4) is 5.75 Å². The second-order valence-corrected chi connectivity index (χ2v) is 7.50. The van der Waals surface area contributed by atoms with Crippen LogP contribution in [0.1, 0.15) is 29.6 Å². The molecule has 1 aromatic carbocycles. The molecule has 0 radical (unpaired) electrons. The molecule has 1 N–H and O–H groups in total. The van der Waals surface area contributed by atoms with E-state index in [0.717, 1.165) is 45.3 Å². The number of aryl methyl sites for hydroxylation is 3. The molecule has 2 aromatic heterocycles. The van der Waals surface area contributed by atoms with Crippen LogP contribution in [-0.4, -0.2) is 22.9 Å². The molecule has 0 aliphatic rings. The molecule has 28 heavy (non-hydrogen) atoms. The lowest BCUT2D eigenvalue weighted by molar-refractivity contribution is -0.275. The van der Waals surface area contributed by atoms with Crippen LogP contribution in [0.15, 0.2) is 24.3 Å². The summed E-state index contributed by atoms with van der Waals surface area (Å²) in [5.74, 6) is -0.315. The molecule has 150 valence electrons. The molecular weight excluding hydrogens is 394 g/mol. The highest BCUT2D eigenvalue weighted by Gasteiger charge is 2.32. The fourth-order valence-corrected chi connectivity index (χ4v) is 3.68. The number of halogens is 4. The van der Waals surface area contributed by atoms with E-state index >= 15 is 0 Å². The van der Waals surface area contributed by atoms with Crippen molar-refractivity contribution in [2.45, 2.75) is 39.5 Å². The molecule has 0 unspecified atom stereocenters. The molecule has 0 aliphatic carbocycles. The Bertz CT molecular complexity index is 972. The highest BCUT2D eigenvalue weighted by Crippen LogP contribution is 2.29. The van der Waals surface area contributed by atoms with E-state index in [4.69, 9.17) is 0 Å².